The fourth-order valence-corrected chi connectivity index (χ4v) is 4.62. The number of rotatable bonds is 12. The van der Waals surface area contributed by atoms with Gasteiger partial charge in [0, 0.05) is 13.0 Å². The maximum absolute atomic E-state index is 11.6. The zero-order chi connectivity index (χ0) is 27.1. The van der Waals surface area contributed by atoms with Crippen molar-refractivity contribution in [3.05, 3.63) is 112 Å². The van der Waals surface area contributed by atoms with Crippen molar-refractivity contribution in [2.24, 2.45) is 0 Å². The molecule has 0 aliphatic rings. The van der Waals surface area contributed by atoms with Crippen LogP contribution in [-0.4, -0.2) is 31.7 Å². The smallest absolute Gasteiger partial charge is 0.336 e. The van der Waals surface area contributed by atoms with Crippen molar-refractivity contribution in [1.82, 2.24) is 9.55 Å². The van der Waals surface area contributed by atoms with E-state index < -0.39 is 11.9 Å². The van der Waals surface area contributed by atoms with Crippen molar-refractivity contribution in [3.63, 3.8) is 0 Å². The monoisotopic (exact) mass is 532 g/mol. The highest BCUT2D eigenvalue weighted by Gasteiger charge is 2.18. The lowest BCUT2D eigenvalue weighted by molar-refractivity contribution is 0.0677. The van der Waals surface area contributed by atoms with Gasteiger partial charge >= 0.3 is 11.9 Å². The van der Waals surface area contributed by atoms with Crippen LogP contribution in [0.4, 0.5) is 0 Å². The third-order valence-corrected chi connectivity index (χ3v) is 6.67. The van der Waals surface area contributed by atoms with E-state index in [4.69, 9.17) is 16.3 Å². The molecule has 0 atom stereocenters. The van der Waals surface area contributed by atoms with Gasteiger partial charge in [-0.1, -0.05) is 85.6 Å². The van der Waals surface area contributed by atoms with Crippen LogP contribution in [0.1, 0.15) is 63.1 Å². The first kappa shape index (κ1) is 27.1. The lowest BCUT2D eigenvalue weighted by atomic mass is 9.99. The second-order valence-corrected chi connectivity index (χ2v) is 9.32. The van der Waals surface area contributed by atoms with Crippen molar-refractivity contribution < 1.29 is 24.5 Å². The molecule has 0 amide bonds. The van der Waals surface area contributed by atoms with E-state index in [1.165, 1.54) is 0 Å². The Morgan fingerprint density at radius 1 is 0.895 bits per heavy atom. The van der Waals surface area contributed by atoms with Gasteiger partial charge in [-0.3, -0.25) is 0 Å². The summed E-state index contributed by atoms with van der Waals surface area (Å²) in [5.74, 6) is -1.10. The topological polar surface area (TPSA) is 102 Å². The van der Waals surface area contributed by atoms with Gasteiger partial charge in [0.15, 0.2) is 5.15 Å². The van der Waals surface area contributed by atoms with Crippen LogP contribution in [0.5, 0.6) is 0 Å². The number of aryl methyl sites for hydroxylation is 1. The highest BCUT2D eigenvalue weighted by Crippen LogP contribution is 2.26. The number of benzene rings is 3. The summed E-state index contributed by atoms with van der Waals surface area (Å²) in [4.78, 5) is 27.7. The minimum atomic E-state index is -0.997. The summed E-state index contributed by atoms with van der Waals surface area (Å²) in [6.45, 7) is 2.94. The number of carboxylic acid groups (broad SMARTS) is 2. The van der Waals surface area contributed by atoms with Gasteiger partial charge in [0.05, 0.1) is 30.0 Å². The third-order valence-electron chi connectivity index (χ3n) is 6.36. The predicted octanol–water partition coefficient (Wildman–Crippen LogP) is 6.71. The Balaban J connectivity index is 1.56. The maximum Gasteiger partial charge on any atom is 0.336 e. The van der Waals surface area contributed by atoms with Gasteiger partial charge in [-0.25, -0.2) is 14.6 Å². The molecule has 0 radical (unpaired) electrons. The fraction of sp³-hybridized carbons (Fsp3) is 0.233. The number of carbonyl (C=O) groups is 2. The van der Waals surface area contributed by atoms with E-state index in [1.807, 2.05) is 30.3 Å². The molecule has 196 valence electrons. The average molecular weight is 533 g/mol. The van der Waals surface area contributed by atoms with Gasteiger partial charge in [0.2, 0.25) is 0 Å². The zero-order valence-electron chi connectivity index (χ0n) is 21.1. The number of aromatic carboxylic acids is 2. The van der Waals surface area contributed by atoms with Crippen LogP contribution in [0.25, 0.3) is 11.1 Å². The van der Waals surface area contributed by atoms with Crippen LogP contribution in [-0.2, 0) is 30.9 Å². The molecule has 3 aromatic carbocycles. The van der Waals surface area contributed by atoms with E-state index in [0.29, 0.717) is 22.8 Å². The SMILES string of the molecule is CCCCc1nc(Cl)c(COCc2ccccc2C(=O)O)n1Cc1ccc(-c2ccccc2C(=O)O)cc1. The van der Waals surface area contributed by atoms with E-state index in [1.54, 1.807) is 42.5 Å². The molecule has 0 bridgehead atoms. The molecule has 1 aromatic heterocycles. The first-order chi connectivity index (χ1) is 18.4. The molecule has 0 aliphatic heterocycles. The Labute approximate surface area is 226 Å². The zero-order valence-corrected chi connectivity index (χ0v) is 21.8. The Bertz CT molecular complexity index is 1430. The lowest BCUT2D eigenvalue weighted by Gasteiger charge is -2.14. The normalized spacial score (nSPS) is 11.0. The molecular formula is C30H29ClN2O5. The molecule has 7 nitrogen and oxygen atoms in total. The van der Waals surface area contributed by atoms with Crippen molar-refractivity contribution >= 4 is 23.5 Å². The summed E-state index contributed by atoms with van der Waals surface area (Å²) in [5.41, 5.74) is 4.27. The van der Waals surface area contributed by atoms with Crippen LogP contribution >= 0.6 is 11.6 Å². The standard InChI is InChI=1S/C30H29ClN2O5/c1-2-3-12-27-32-28(31)26(19-38-18-22-8-4-5-10-24(22)29(34)35)33(27)17-20-13-15-21(16-14-20)23-9-6-7-11-25(23)30(36)37/h4-11,13-16H,2-3,12,17-19H2,1H3,(H,34,35)(H,36,37). The quantitative estimate of drug-likeness (QED) is 0.210. The molecule has 0 saturated carbocycles. The largest absolute Gasteiger partial charge is 0.478 e. The van der Waals surface area contributed by atoms with Gasteiger partial charge in [-0.2, -0.15) is 0 Å². The van der Waals surface area contributed by atoms with E-state index in [-0.39, 0.29) is 24.3 Å². The summed E-state index contributed by atoms with van der Waals surface area (Å²) in [7, 11) is 0. The number of halogens is 1. The minimum absolute atomic E-state index is 0.131. The van der Waals surface area contributed by atoms with Gasteiger partial charge in [0.25, 0.3) is 0 Å². The summed E-state index contributed by atoms with van der Waals surface area (Å²) in [5, 5.41) is 19.3. The molecule has 8 heteroatoms. The molecule has 4 rings (SSSR count). The predicted molar refractivity (Wildman–Crippen MR) is 146 cm³/mol. The van der Waals surface area contributed by atoms with Crippen molar-refractivity contribution in [2.45, 2.75) is 45.9 Å². The molecule has 4 aromatic rings. The summed E-state index contributed by atoms with van der Waals surface area (Å²) in [6.07, 6.45) is 2.74. The average Bonchev–Trinajstić information content (AvgIpc) is 3.21. The second-order valence-electron chi connectivity index (χ2n) is 8.96. The van der Waals surface area contributed by atoms with E-state index in [9.17, 15) is 19.8 Å². The van der Waals surface area contributed by atoms with Crippen LogP contribution in [0, 0.1) is 0 Å². The Morgan fingerprint density at radius 3 is 2.24 bits per heavy atom. The Kier molecular flexibility index (Phi) is 8.94. The highest BCUT2D eigenvalue weighted by atomic mass is 35.5. The number of imidazole rings is 1. The first-order valence-corrected chi connectivity index (χ1v) is 12.8. The summed E-state index contributed by atoms with van der Waals surface area (Å²) >= 11 is 6.55. The number of hydrogen-bond donors (Lipinski definition) is 2. The molecule has 1 heterocycles. The van der Waals surface area contributed by atoms with Crippen LogP contribution in [0.2, 0.25) is 5.15 Å². The Hall–Kier alpha value is -3.94. The second kappa shape index (κ2) is 12.5. The van der Waals surface area contributed by atoms with Crippen molar-refractivity contribution in [2.75, 3.05) is 0 Å². The molecule has 2 N–H and O–H groups in total. The van der Waals surface area contributed by atoms with Crippen molar-refractivity contribution in [3.8, 4) is 11.1 Å². The van der Waals surface area contributed by atoms with Gasteiger partial charge in [0.1, 0.15) is 5.82 Å². The van der Waals surface area contributed by atoms with Crippen molar-refractivity contribution in [1.29, 1.82) is 0 Å². The lowest BCUT2D eigenvalue weighted by Crippen LogP contribution is -2.11. The molecule has 0 unspecified atom stereocenters. The highest BCUT2D eigenvalue weighted by molar-refractivity contribution is 6.30. The van der Waals surface area contributed by atoms with Crippen LogP contribution in [0.15, 0.2) is 72.8 Å². The maximum atomic E-state index is 11.6. The van der Waals surface area contributed by atoms with Gasteiger partial charge in [-0.15, -0.1) is 0 Å². The fourth-order valence-electron chi connectivity index (χ4n) is 4.36. The van der Waals surface area contributed by atoms with E-state index in [0.717, 1.165) is 41.9 Å². The number of ether oxygens (including phenoxy) is 1. The van der Waals surface area contributed by atoms with Gasteiger partial charge in [-0.05, 0) is 40.8 Å². The molecule has 0 aliphatic carbocycles. The van der Waals surface area contributed by atoms with Crippen LogP contribution < -0.4 is 0 Å². The van der Waals surface area contributed by atoms with Gasteiger partial charge < -0.3 is 19.5 Å². The van der Waals surface area contributed by atoms with E-state index >= 15 is 0 Å². The number of aromatic nitrogens is 2. The Morgan fingerprint density at radius 2 is 1.55 bits per heavy atom. The minimum Gasteiger partial charge on any atom is -0.478 e. The van der Waals surface area contributed by atoms with E-state index in [2.05, 4.69) is 16.5 Å². The number of nitrogens with zero attached hydrogens (tertiary/aromatic N) is 2. The first-order valence-electron chi connectivity index (χ1n) is 12.4. The third kappa shape index (κ3) is 6.30. The van der Waals surface area contributed by atoms with Crippen LogP contribution in [0.3, 0.4) is 0 Å². The summed E-state index contributed by atoms with van der Waals surface area (Å²) in [6, 6.07) is 21.5. The number of carboxylic acids is 2. The molecule has 0 fully saturated rings. The molecular weight excluding hydrogens is 504 g/mol. The molecule has 38 heavy (non-hydrogen) atoms. The number of hydrogen-bond acceptors (Lipinski definition) is 4. The molecule has 0 spiro atoms. The summed E-state index contributed by atoms with van der Waals surface area (Å²) < 4.78 is 7.98. The number of unbranched alkanes of at least 4 members (excludes halogenated alkanes) is 1. The molecule has 0 saturated heterocycles.